The van der Waals surface area contributed by atoms with E-state index in [1.807, 2.05) is 0 Å². The van der Waals surface area contributed by atoms with Crippen molar-refractivity contribution in [3.8, 4) is 0 Å². The van der Waals surface area contributed by atoms with Crippen molar-refractivity contribution in [2.75, 3.05) is 27.4 Å². The van der Waals surface area contributed by atoms with Crippen LogP contribution in [0, 0.1) is 0 Å². The Morgan fingerprint density at radius 1 is 0.870 bits per heavy atom. The van der Waals surface area contributed by atoms with Crippen molar-refractivity contribution >= 4 is 13.8 Å². The first-order chi connectivity index (χ1) is 10.9. The highest BCUT2D eigenvalue weighted by Gasteiger charge is 2.21. The highest BCUT2D eigenvalue weighted by atomic mass is 31.2. The fourth-order valence-corrected chi connectivity index (χ4v) is 2.62. The van der Waals surface area contributed by atoms with E-state index in [4.69, 9.17) is 9.26 Å². The molecule has 0 unspecified atom stereocenters. The van der Waals surface area contributed by atoms with Gasteiger partial charge in [0.25, 0.3) is 0 Å². The molecule has 0 bridgehead atoms. The van der Waals surface area contributed by atoms with Crippen LogP contribution in [0.15, 0.2) is 12.2 Å². The molecule has 0 amide bonds. The molecule has 0 radical (unpaired) electrons. The molecule has 0 atom stereocenters. The second kappa shape index (κ2) is 13.7. The van der Waals surface area contributed by atoms with E-state index in [1.54, 1.807) is 6.92 Å². The predicted octanol–water partition coefficient (Wildman–Crippen LogP) is 4.64. The Kier molecular flexibility index (Phi) is 13.3. The summed E-state index contributed by atoms with van der Waals surface area (Å²) in [5.74, 6) is -0.307. The molecule has 0 saturated carbocycles. The van der Waals surface area contributed by atoms with Crippen LogP contribution in [0.3, 0.4) is 0 Å². The standard InChI is InChI=1S/C16H31O6P/c1-15(2)16(17)21-13-11-9-7-5-6-8-10-12-14-22-23(18,19-3)20-4/h1,5-14H2,2-4H3. The summed E-state index contributed by atoms with van der Waals surface area (Å²) in [5.41, 5.74) is 0.446. The van der Waals surface area contributed by atoms with Crippen molar-refractivity contribution < 1.29 is 27.7 Å². The Hall–Kier alpha value is -0.680. The summed E-state index contributed by atoms with van der Waals surface area (Å²) in [6, 6.07) is 0. The van der Waals surface area contributed by atoms with Gasteiger partial charge in [0.2, 0.25) is 0 Å². The summed E-state index contributed by atoms with van der Waals surface area (Å²) < 4.78 is 31.1. The maximum absolute atomic E-state index is 11.6. The summed E-state index contributed by atoms with van der Waals surface area (Å²) in [5, 5.41) is 0. The van der Waals surface area contributed by atoms with E-state index in [1.165, 1.54) is 20.6 Å². The molecule has 0 aliphatic carbocycles. The van der Waals surface area contributed by atoms with Gasteiger partial charge in [-0.15, -0.1) is 0 Å². The smallest absolute Gasteiger partial charge is 0.462 e. The van der Waals surface area contributed by atoms with Crippen molar-refractivity contribution in [1.29, 1.82) is 0 Å². The monoisotopic (exact) mass is 350 g/mol. The second-order valence-corrected chi connectivity index (χ2v) is 7.27. The first-order valence-electron chi connectivity index (χ1n) is 8.14. The maximum Gasteiger partial charge on any atom is 0.474 e. The van der Waals surface area contributed by atoms with E-state index in [-0.39, 0.29) is 5.97 Å². The Balaban J connectivity index is 3.30. The minimum absolute atomic E-state index is 0.307. The molecule has 0 aromatic carbocycles. The number of rotatable bonds is 15. The molecule has 6 nitrogen and oxygen atoms in total. The van der Waals surface area contributed by atoms with Gasteiger partial charge in [-0.05, 0) is 19.8 Å². The lowest BCUT2D eigenvalue weighted by Crippen LogP contribution is -2.05. The molecule has 136 valence electrons. The van der Waals surface area contributed by atoms with Crippen LogP contribution in [-0.4, -0.2) is 33.4 Å². The van der Waals surface area contributed by atoms with E-state index in [0.29, 0.717) is 18.8 Å². The predicted molar refractivity (Wildman–Crippen MR) is 90.3 cm³/mol. The van der Waals surface area contributed by atoms with Crippen LogP contribution in [0.2, 0.25) is 0 Å². The average Bonchev–Trinajstić information content (AvgIpc) is 2.55. The van der Waals surface area contributed by atoms with E-state index < -0.39 is 7.82 Å². The summed E-state index contributed by atoms with van der Waals surface area (Å²) in [6.07, 6.45) is 8.44. The number of carbonyl (C=O) groups is 1. The van der Waals surface area contributed by atoms with Crippen LogP contribution in [0.4, 0.5) is 0 Å². The van der Waals surface area contributed by atoms with Gasteiger partial charge in [0.15, 0.2) is 0 Å². The number of ether oxygens (including phenoxy) is 1. The Morgan fingerprint density at radius 3 is 1.74 bits per heavy atom. The van der Waals surface area contributed by atoms with Crippen molar-refractivity contribution in [1.82, 2.24) is 0 Å². The number of carbonyl (C=O) groups excluding carboxylic acids is 1. The van der Waals surface area contributed by atoms with Crippen LogP contribution in [0.25, 0.3) is 0 Å². The van der Waals surface area contributed by atoms with Crippen molar-refractivity contribution in [3.05, 3.63) is 12.2 Å². The molecule has 23 heavy (non-hydrogen) atoms. The highest BCUT2D eigenvalue weighted by Crippen LogP contribution is 2.47. The Labute approximate surface area is 140 Å². The zero-order chi connectivity index (χ0) is 17.6. The van der Waals surface area contributed by atoms with E-state index in [0.717, 1.165) is 44.9 Å². The fraction of sp³-hybridized carbons (Fsp3) is 0.812. The lowest BCUT2D eigenvalue weighted by molar-refractivity contribution is -0.139. The molecular formula is C16H31O6P. The second-order valence-electron chi connectivity index (χ2n) is 5.39. The van der Waals surface area contributed by atoms with Gasteiger partial charge in [0, 0.05) is 19.8 Å². The minimum Gasteiger partial charge on any atom is -0.462 e. The highest BCUT2D eigenvalue weighted by molar-refractivity contribution is 7.48. The van der Waals surface area contributed by atoms with E-state index in [2.05, 4.69) is 15.6 Å². The van der Waals surface area contributed by atoms with Crippen LogP contribution < -0.4 is 0 Å². The molecule has 0 aliphatic heterocycles. The lowest BCUT2D eigenvalue weighted by atomic mass is 10.1. The van der Waals surface area contributed by atoms with Crippen LogP contribution in [0.1, 0.15) is 58.3 Å². The quantitative estimate of drug-likeness (QED) is 0.185. The molecular weight excluding hydrogens is 319 g/mol. The third-order valence-corrected chi connectivity index (χ3v) is 4.71. The number of phosphoric ester groups is 1. The lowest BCUT2D eigenvalue weighted by Gasteiger charge is -2.12. The molecule has 0 N–H and O–H groups in total. The number of phosphoric acid groups is 1. The average molecular weight is 350 g/mol. The molecule has 0 spiro atoms. The number of hydrogen-bond acceptors (Lipinski definition) is 6. The van der Waals surface area contributed by atoms with Gasteiger partial charge in [-0.3, -0.25) is 13.6 Å². The zero-order valence-corrected chi connectivity index (χ0v) is 15.6. The van der Waals surface area contributed by atoms with Crippen molar-refractivity contribution in [2.24, 2.45) is 0 Å². The van der Waals surface area contributed by atoms with Gasteiger partial charge in [0.1, 0.15) is 0 Å². The maximum atomic E-state index is 11.6. The topological polar surface area (TPSA) is 71.1 Å². The van der Waals surface area contributed by atoms with Gasteiger partial charge in [-0.1, -0.05) is 45.1 Å². The van der Waals surface area contributed by atoms with Gasteiger partial charge >= 0.3 is 13.8 Å². The molecule has 0 aromatic heterocycles. The largest absolute Gasteiger partial charge is 0.474 e. The summed E-state index contributed by atoms with van der Waals surface area (Å²) in [6.45, 7) is 6.04. The zero-order valence-electron chi connectivity index (χ0n) is 14.7. The molecule has 0 aliphatic rings. The van der Waals surface area contributed by atoms with Gasteiger partial charge < -0.3 is 4.74 Å². The molecule has 0 heterocycles. The third-order valence-electron chi connectivity index (χ3n) is 3.32. The van der Waals surface area contributed by atoms with Crippen molar-refractivity contribution in [2.45, 2.75) is 58.3 Å². The van der Waals surface area contributed by atoms with Crippen LogP contribution in [-0.2, 0) is 27.7 Å². The van der Waals surface area contributed by atoms with Crippen molar-refractivity contribution in [3.63, 3.8) is 0 Å². The number of hydrogen-bond donors (Lipinski definition) is 0. The molecule has 0 rings (SSSR count). The number of unbranched alkanes of at least 4 members (excludes halogenated alkanes) is 7. The van der Waals surface area contributed by atoms with E-state index in [9.17, 15) is 9.36 Å². The van der Waals surface area contributed by atoms with Gasteiger partial charge in [-0.25, -0.2) is 9.36 Å². The fourth-order valence-electron chi connectivity index (χ4n) is 1.91. The molecule has 0 aromatic rings. The molecule has 0 fully saturated rings. The Bertz CT molecular complexity index is 375. The summed E-state index contributed by atoms with van der Waals surface area (Å²) >= 11 is 0. The SMILES string of the molecule is C=C(C)C(=O)OCCCCCCCCCCOP(=O)(OC)OC. The van der Waals surface area contributed by atoms with Gasteiger partial charge in [-0.2, -0.15) is 0 Å². The first-order valence-corrected chi connectivity index (χ1v) is 9.60. The third kappa shape index (κ3) is 12.4. The Morgan fingerprint density at radius 2 is 1.30 bits per heavy atom. The molecule has 7 heteroatoms. The molecule has 0 saturated heterocycles. The normalized spacial score (nSPS) is 11.4. The van der Waals surface area contributed by atoms with Crippen LogP contribution >= 0.6 is 7.82 Å². The van der Waals surface area contributed by atoms with Gasteiger partial charge in [0.05, 0.1) is 13.2 Å². The van der Waals surface area contributed by atoms with Crippen LogP contribution in [0.5, 0.6) is 0 Å². The van der Waals surface area contributed by atoms with E-state index >= 15 is 0 Å². The summed E-state index contributed by atoms with van der Waals surface area (Å²) in [7, 11) is -0.694. The number of esters is 1. The minimum atomic E-state index is -3.31. The first kappa shape index (κ1) is 22.3. The summed E-state index contributed by atoms with van der Waals surface area (Å²) in [4.78, 5) is 11.1.